The van der Waals surface area contributed by atoms with Crippen molar-refractivity contribution in [3.8, 4) is 50.9 Å². The van der Waals surface area contributed by atoms with Crippen molar-refractivity contribution < 1.29 is 4.74 Å². The van der Waals surface area contributed by atoms with Crippen molar-refractivity contribution in [1.82, 2.24) is 19.1 Å². The highest BCUT2D eigenvalue weighted by atomic mass is 16.5. The molecule has 0 fully saturated rings. The molecule has 0 radical (unpaired) electrons. The molecule has 7 aromatic carbocycles. The molecule has 56 heavy (non-hydrogen) atoms. The van der Waals surface area contributed by atoms with E-state index in [-0.39, 0.29) is 12.0 Å². The van der Waals surface area contributed by atoms with E-state index >= 15 is 0 Å². The highest BCUT2D eigenvalue weighted by Crippen LogP contribution is 2.61. The number of ether oxygens (including phenoxy) is 1. The van der Waals surface area contributed by atoms with Crippen LogP contribution in [-0.4, -0.2) is 19.1 Å². The molecule has 3 aromatic heterocycles. The molecular weight excluding hydrogens is 685 g/mol. The van der Waals surface area contributed by atoms with E-state index in [1.807, 2.05) is 30.3 Å². The van der Waals surface area contributed by atoms with Gasteiger partial charge in [0.1, 0.15) is 11.9 Å². The van der Waals surface area contributed by atoms with Crippen molar-refractivity contribution in [2.24, 2.45) is 0 Å². The summed E-state index contributed by atoms with van der Waals surface area (Å²) in [4.78, 5) is 10.4. The SMILES string of the molecule is Cc1cc(-n2c3c(c4ccccc42)C2Oc4ccccc4C2c2c-3c3ccccc3n2-c2ccccc2)ccc1-c1nc2ccccc2nc1-c1ccccc1. The first kappa shape index (κ1) is 31.1. The molecule has 12 rings (SSSR count). The van der Waals surface area contributed by atoms with Crippen LogP contribution in [0.4, 0.5) is 0 Å². The second kappa shape index (κ2) is 11.9. The Kier molecular flexibility index (Phi) is 6.61. The number of aryl methyl sites for hydroxylation is 1. The fourth-order valence-electron chi connectivity index (χ4n) is 9.49. The molecule has 1 aliphatic carbocycles. The van der Waals surface area contributed by atoms with Gasteiger partial charge in [-0.05, 0) is 67.1 Å². The lowest BCUT2D eigenvalue weighted by molar-refractivity contribution is 0.220. The smallest absolute Gasteiger partial charge is 0.139 e. The van der Waals surface area contributed by atoms with Gasteiger partial charge in [-0.2, -0.15) is 0 Å². The van der Waals surface area contributed by atoms with Crippen LogP contribution >= 0.6 is 0 Å². The highest BCUT2D eigenvalue weighted by Gasteiger charge is 2.48. The van der Waals surface area contributed by atoms with Gasteiger partial charge in [0.25, 0.3) is 0 Å². The van der Waals surface area contributed by atoms with E-state index in [9.17, 15) is 0 Å². The molecule has 5 nitrogen and oxygen atoms in total. The van der Waals surface area contributed by atoms with Crippen molar-refractivity contribution in [2.45, 2.75) is 18.9 Å². The molecule has 1 aliphatic heterocycles. The van der Waals surface area contributed by atoms with Crippen LogP contribution < -0.4 is 4.74 Å². The third-order valence-electron chi connectivity index (χ3n) is 11.8. The number of fused-ring (bicyclic) bond motifs is 13. The van der Waals surface area contributed by atoms with Crippen LogP contribution in [0.25, 0.3) is 78.0 Å². The molecular formula is C51H34N4O. The minimum absolute atomic E-state index is 0.00700. The lowest BCUT2D eigenvalue weighted by atomic mass is 9.79. The maximum Gasteiger partial charge on any atom is 0.139 e. The Bertz CT molecular complexity index is 3200. The van der Waals surface area contributed by atoms with Gasteiger partial charge < -0.3 is 13.9 Å². The number of hydrogen-bond donors (Lipinski definition) is 0. The van der Waals surface area contributed by atoms with E-state index in [2.05, 4.69) is 162 Å². The van der Waals surface area contributed by atoms with Crippen LogP contribution in [0.1, 0.15) is 34.4 Å². The number of benzene rings is 7. The Hall–Kier alpha value is -7.24. The Morgan fingerprint density at radius 3 is 1.93 bits per heavy atom. The van der Waals surface area contributed by atoms with E-state index in [0.29, 0.717) is 0 Å². The van der Waals surface area contributed by atoms with E-state index in [1.165, 1.54) is 44.4 Å². The van der Waals surface area contributed by atoms with Crippen LogP contribution in [0, 0.1) is 6.92 Å². The third-order valence-corrected chi connectivity index (χ3v) is 11.8. The monoisotopic (exact) mass is 718 g/mol. The van der Waals surface area contributed by atoms with Gasteiger partial charge in [-0.3, -0.25) is 0 Å². The molecule has 0 bridgehead atoms. The lowest BCUT2D eigenvalue weighted by Gasteiger charge is -2.29. The summed E-state index contributed by atoms with van der Waals surface area (Å²) in [5.41, 5.74) is 17.5. The van der Waals surface area contributed by atoms with Crippen LogP contribution in [0.2, 0.25) is 0 Å². The number of rotatable bonds is 4. The summed E-state index contributed by atoms with van der Waals surface area (Å²) in [7, 11) is 0. The number of nitrogens with zero attached hydrogens (tertiary/aromatic N) is 4. The zero-order valence-corrected chi connectivity index (χ0v) is 30.6. The van der Waals surface area contributed by atoms with Gasteiger partial charge in [0, 0.05) is 55.7 Å². The minimum atomic E-state index is -0.200. The summed E-state index contributed by atoms with van der Waals surface area (Å²) < 4.78 is 12.1. The van der Waals surface area contributed by atoms with Crippen molar-refractivity contribution >= 4 is 32.8 Å². The standard InChI is InChI=1S/C51H34N4O/c1-31-30-34(28-29-35(31)48-47(32-16-4-2-5-17-32)52-39-23-11-12-24-40(39)53-48)55-42-26-14-9-21-37(42)45-49(55)44-36-20-8-13-25-41(36)54(33-18-6-3-7-19-33)50(44)46-38-22-10-15-27-43(38)56-51(45)46/h2-30,46,51H,1H3. The lowest BCUT2D eigenvalue weighted by Crippen LogP contribution is -2.20. The van der Waals surface area contributed by atoms with Gasteiger partial charge in [0.15, 0.2) is 0 Å². The molecule has 0 saturated carbocycles. The molecule has 4 heterocycles. The second-order valence-corrected chi connectivity index (χ2v) is 14.9. The van der Waals surface area contributed by atoms with Crippen LogP contribution in [0.3, 0.4) is 0 Å². The van der Waals surface area contributed by atoms with Crippen molar-refractivity contribution in [3.05, 3.63) is 198 Å². The minimum Gasteiger partial charge on any atom is -0.484 e. The maximum absolute atomic E-state index is 7.09. The van der Waals surface area contributed by atoms with E-state index in [4.69, 9.17) is 14.7 Å². The number of hydrogen-bond acceptors (Lipinski definition) is 3. The van der Waals surface area contributed by atoms with Gasteiger partial charge in [-0.25, -0.2) is 9.97 Å². The van der Waals surface area contributed by atoms with Gasteiger partial charge >= 0.3 is 0 Å². The number of aromatic nitrogens is 4. The van der Waals surface area contributed by atoms with E-state index < -0.39 is 0 Å². The molecule has 0 spiro atoms. The molecule has 2 aliphatic rings. The molecule has 5 heteroatoms. The first-order chi connectivity index (χ1) is 27.7. The quantitative estimate of drug-likeness (QED) is 0.182. The van der Waals surface area contributed by atoms with Crippen molar-refractivity contribution in [3.63, 3.8) is 0 Å². The first-order valence-corrected chi connectivity index (χ1v) is 19.2. The van der Waals surface area contributed by atoms with E-state index in [1.54, 1.807) is 0 Å². The molecule has 0 saturated heterocycles. The van der Waals surface area contributed by atoms with Gasteiger partial charge in [-0.15, -0.1) is 0 Å². The average Bonchev–Trinajstić information content (AvgIpc) is 3.92. The summed E-state index contributed by atoms with van der Waals surface area (Å²) in [6.07, 6.45) is -0.200. The predicted molar refractivity (Wildman–Crippen MR) is 226 cm³/mol. The highest BCUT2D eigenvalue weighted by molar-refractivity contribution is 6.06. The predicted octanol–water partition coefficient (Wildman–Crippen LogP) is 12.4. The summed E-state index contributed by atoms with van der Waals surface area (Å²) in [6, 6.07) is 62.4. The fourth-order valence-corrected chi connectivity index (χ4v) is 9.49. The number of para-hydroxylation sites is 6. The maximum atomic E-state index is 7.09. The van der Waals surface area contributed by atoms with Gasteiger partial charge in [0.2, 0.25) is 0 Å². The average molecular weight is 719 g/mol. The Morgan fingerprint density at radius 1 is 0.536 bits per heavy atom. The molecule has 0 amide bonds. The molecule has 2 atom stereocenters. The Balaban J connectivity index is 1.15. The van der Waals surface area contributed by atoms with Gasteiger partial charge in [0.05, 0.1) is 45.1 Å². The summed E-state index contributed by atoms with van der Waals surface area (Å²) in [6.45, 7) is 2.20. The van der Waals surface area contributed by atoms with Crippen molar-refractivity contribution in [1.29, 1.82) is 0 Å². The summed E-state index contributed by atoms with van der Waals surface area (Å²) >= 11 is 0. The summed E-state index contributed by atoms with van der Waals surface area (Å²) in [5.74, 6) is 0.960. The zero-order chi connectivity index (χ0) is 36.9. The van der Waals surface area contributed by atoms with Gasteiger partial charge in [-0.1, -0.05) is 121 Å². The molecule has 264 valence electrons. The second-order valence-electron chi connectivity index (χ2n) is 14.9. The molecule has 2 unspecified atom stereocenters. The van der Waals surface area contributed by atoms with Crippen LogP contribution in [-0.2, 0) is 0 Å². The molecule has 0 N–H and O–H groups in total. The topological polar surface area (TPSA) is 44.9 Å². The Morgan fingerprint density at radius 2 is 1.16 bits per heavy atom. The fraction of sp³-hybridized carbons (Fsp3) is 0.0588. The van der Waals surface area contributed by atoms with Crippen LogP contribution in [0.5, 0.6) is 5.75 Å². The first-order valence-electron chi connectivity index (χ1n) is 19.2. The van der Waals surface area contributed by atoms with Crippen LogP contribution in [0.15, 0.2) is 176 Å². The largest absolute Gasteiger partial charge is 0.484 e. The zero-order valence-electron chi connectivity index (χ0n) is 30.6. The van der Waals surface area contributed by atoms with Crippen molar-refractivity contribution in [2.75, 3.05) is 0 Å². The van der Waals surface area contributed by atoms with E-state index in [0.717, 1.165) is 61.8 Å². The third kappa shape index (κ3) is 4.37. The molecule has 10 aromatic rings. The summed E-state index contributed by atoms with van der Waals surface area (Å²) in [5, 5.41) is 2.44. The Labute approximate surface area is 323 Å². The normalized spacial score (nSPS) is 15.4.